The minimum atomic E-state index is -3.36. The second-order valence-electron chi connectivity index (χ2n) is 6.11. The molecule has 4 nitrogen and oxygen atoms in total. The van der Waals surface area contributed by atoms with Gasteiger partial charge >= 0.3 is 0 Å². The van der Waals surface area contributed by atoms with Gasteiger partial charge in [-0.05, 0) is 50.5 Å². The Bertz CT molecular complexity index is 773. The monoisotopic (exact) mass is 365 g/mol. The smallest absolute Gasteiger partial charge is 0.252 e. The molecule has 0 spiro atoms. The lowest BCUT2D eigenvalue weighted by Gasteiger charge is -2.31. The molecule has 24 heavy (non-hydrogen) atoms. The van der Waals surface area contributed by atoms with E-state index in [-0.39, 0.29) is 6.10 Å². The molecule has 2 aromatic rings. The first-order valence-electron chi connectivity index (χ1n) is 8.31. The molecule has 1 aromatic carbocycles. The Hall–Kier alpha value is -1.37. The van der Waals surface area contributed by atoms with E-state index in [0.29, 0.717) is 17.3 Å². The fourth-order valence-corrected chi connectivity index (χ4v) is 5.73. The van der Waals surface area contributed by atoms with E-state index in [1.54, 1.807) is 10.4 Å². The minimum absolute atomic E-state index is 0.0775. The third-order valence-electron chi connectivity index (χ3n) is 4.30. The molecule has 1 aliphatic rings. The van der Waals surface area contributed by atoms with Gasteiger partial charge in [-0.25, -0.2) is 8.42 Å². The summed E-state index contributed by atoms with van der Waals surface area (Å²) in [4.78, 5) is 1.10. The van der Waals surface area contributed by atoms with Crippen molar-refractivity contribution in [2.75, 3.05) is 13.1 Å². The standard InChI is InChI=1S/C18H23NO3S2/c1-3-17-8-9-18(23-17)24(20,21)19-12-10-16(11-13-19)22-15-6-4-14(2)5-7-15/h4-9,16H,3,10-13H2,1-2H3. The molecule has 1 fully saturated rings. The van der Waals surface area contributed by atoms with Gasteiger partial charge < -0.3 is 4.74 Å². The van der Waals surface area contributed by atoms with Crippen molar-refractivity contribution in [3.8, 4) is 5.75 Å². The molecule has 1 aliphatic heterocycles. The Morgan fingerprint density at radius 2 is 1.79 bits per heavy atom. The summed E-state index contributed by atoms with van der Waals surface area (Å²) in [6.07, 6.45) is 2.39. The van der Waals surface area contributed by atoms with Gasteiger partial charge in [0.05, 0.1) is 0 Å². The molecular weight excluding hydrogens is 342 g/mol. The molecule has 0 radical (unpaired) electrons. The summed E-state index contributed by atoms with van der Waals surface area (Å²) in [6.45, 7) is 5.11. The highest BCUT2D eigenvalue weighted by molar-refractivity contribution is 7.91. The van der Waals surface area contributed by atoms with Crippen molar-refractivity contribution in [3.05, 3.63) is 46.8 Å². The van der Waals surface area contributed by atoms with Gasteiger partial charge in [-0.1, -0.05) is 24.6 Å². The van der Waals surface area contributed by atoms with Gasteiger partial charge in [0.15, 0.2) is 0 Å². The first-order valence-corrected chi connectivity index (χ1v) is 10.6. The number of aryl methyl sites for hydroxylation is 2. The minimum Gasteiger partial charge on any atom is -0.490 e. The third kappa shape index (κ3) is 3.82. The fourth-order valence-electron chi connectivity index (χ4n) is 2.81. The zero-order valence-electron chi connectivity index (χ0n) is 14.1. The Labute approximate surface area is 148 Å². The van der Waals surface area contributed by atoms with Crippen LogP contribution >= 0.6 is 11.3 Å². The number of benzene rings is 1. The largest absolute Gasteiger partial charge is 0.490 e. The van der Waals surface area contributed by atoms with Crippen molar-refractivity contribution in [1.82, 2.24) is 4.31 Å². The van der Waals surface area contributed by atoms with Gasteiger partial charge in [-0.3, -0.25) is 0 Å². The Morgan fingerprint density at radius 3 is 2.38 bits per heavy atom. The molecule has 0 amide bonds. The molecule has 130 valence electrons. The zero-order valence-corrected chi connectivity index (χ0v) is 15.7. The highest BCUT2D eigenvalue weighted by Gasteiger charge is 2.31. The van der Waals surface area contributed by atoms with Crippen LogP contribution in [0.2, 0.25) is 0 Å². The second-order valence-corrected chi connectivity index (χ2v) is 9.44. The van der Waals surface area contributed by atoms with Crippen LogP contribution in [-0.4, -0.2) is 31.9 Å². The van der Waals surface area contributed by atoms with Crippen LogP contribution in [-0.2, 0) is 16.4 Å². The van der Waals surface area contributed by atoms with E-state index in [1.807, 2.05) is 44.2 Å². The number of ether oxygens (including phenoxy) is 1. The molecular formula is C18H23NO3S2. The highest BCUT2D eigenvalue weighted by atomic mass is 32.2. The molecule has 0 atom stereocenters. The fraction of sp³-hybridized carbons (Fsp3) is 0.444. The van der Waals surface area contributed by atoms with Crippen LogP contribution in [0.25, 0.3) is 0 Å². The van der Waals surface area contributed by atoms with E-state index in [1.165, 1.54) is 16.9 Å². The maximum atomic E-state index is 12.7. The first kappa shape index (κ1) is 17.5. The van der Waals surface area contributed by atoms with Crippen LogP contribution in [0.5, 0.6) is 5.75 Å². The number of hydrogen-bond acceptors (Lipinski definition) is 4. The van der Waals surface area contributed by atoms with Crippen LogP contribution in [0, 0.1) is 6.92 Å². The lowest BCUT2D eigenvalue weighted by atomic mass is 10.1. The van der Waals surface area contributed by atoms with Gasteiger partial charge in [0.25, 0.3) is 10.0 Å². The topological polar surface area (TPSA) is 46.6 Å². The van der Waals surface area contributed by atoms with Crippen molar-refractivity contribution < 1.29 is 13.2 Å². The number of hydrogen-bond donors (Lipinski definition) is 0. The predicted octanol–water partition coefficient (Wildman–Crippen LogP) is 3.85. The summed E-state index contributed by atoms with van der Waals surface area (Å²) in [5.74, 6) is 0.854. The van der Waals surface area contributed by atoms with E-state index in [4.69, 9.17) is 4.74 Å². The number of nitrogens with zero attached hydrogens (tertiary/aromatic N) is 1. The first-order chi connectivity index (χ1) is 11.5. The molecule has 0 unspecified atom stereocenters. The average molecular weight is 366 g/mol. The summed E-state index contributed by atoms with van der Waals surface area (Å²) >= 11 is 1.38. The quantitative estimate of drug-likeness (QED) is 0.808. The summed E-state index contributed by atoms with van der Waals surface area (Å²) in [7, 11) is -3.36. The molecule has 2 heterocycles. The highest BCUT2D eigenvalue weighted by Crippen LogP contribution is 2.28. The van der Waals surface area contributed by atoms with Gasteiger partial charge in [0, 0.05) is 18.0 Å². The molecule has 0 saturated carbocycles. The van der Waals surface area contributed by atoms with E-state index in [9.17, 15) is 8.42 Å². The van der Waals surface area contributed by atoms with E-state index in [2.05, 4.69) is 0 Å². The normalized spacial score (nSPS) is 17.1. The van der Waals surface area contributed by atoms with Gasteiger partial charge in [0.2, 0.25) is 0 Å². The molecule has 3 rings (SSSR count). The molecule has 0 bridgehead atoms. The molecule has 0 N–H and O–H groups in total. The third-order valence-corrected chi connectivity index (χ3v) is 7.90. The summed E-state index contributed by atoms with van der Waals surface area (Å²) in [5, 5.41) is 0. The van der Waals surface area contributed by atoms with Crippen LogP contribution in [0.1, 0.15) is 30.2 Å². The number of thiophene rings is 1. The average Bonchev–Trinajstić information content (AvgIpc) is 3.07. The maximum Gasteiger partial charge on any atom is 0.252 e. The van der Waals surface area contributed by atoms with E-state index < -0.39 is 10.0 Å². The van der Waals surface area contributed by atoms with Gasteiger partial charge in [-0.15, -0.1) is 11.3 Å². The summed E-state index contributed by atoms with van der Waals surface area (Å²) in [5.41, 5.74) is 1.20. The Morgan fingerprint density at radius 1 is 1.12 bits per heavy atom. The maximum absolute atomic E-state index is 12.7. The van der Waals surface area contributed by atoms with Gasteiger partial charge in [-0.2, -0.15) is 4.31 Å². The lowest BCUT2D eigenvalue weighted by molar-refractivity contribution is 0.135. The molecule has 6 heteroatoms. The summed E-state index contributed by atoms with van der Waals surface area (Å²) < 4.78 is 33.5. The van der Waals surface area contributed by atoms with Crippen molar-refractivity contribution >= 4 is 21.4 Å². The zero-order chi connectivity index (χ0) is 17.2. The Kier molecular flexibility index (Phi) is 5.27. The SMILES string of the molecule is CCc1ccc(S(=O)(=O)N2CCC(Oc3ccc(C)cc3)CC2)s1. The number of rotatable bonds is 5. The van der Waals surface area contributed by atoms with Crippen molar-refractivity contribution in [1.29, 1.82) is 0 Å². The lowest BCUT2D eigenvalue weighted by Crippen LogP contribution is -2.41. The summed E-state index contributed by atoms with van der Waals surface area (Å²) in [6, 6.07) is 11.6. The van der Waals surface area contributed by atoms with Crippen molar-refractivity contribution in [3.63, 3.8) is 0 Å². The number of sulfonamides is 1. The van der Waals surface area contributed by atoms with Crippen LogP contribution in [0.15, 0.2) is 40.6 Å². The molecule has 1 saturated heterocycles. The van der Waals surface area contributed by atoms with Gasteiger partial charge in [0.1, 0.15) is 16.1 Å². The second kappa shape index (κ2) is 7.25. The molecule has 1 aromatic heterocycles. The predicted molar refractivity (Wildman–Crippen MR) is 97.3 cm³/mol. The Balaban J connectivity index is 1.60. The van der Waals surface area contributed by atoms with Crippen molar-refractivity contribution in [2.45, 2.75) is 43.4 Å². The van der Waals surface area contributed by atoms with Crippen molar-refractivity contribution in [2.24, 2.45) is 0 Å². The van der Waals surface area contributed by atoms with Crippen LogP contribution in [0.4, 0.5) is 0 Å². The number of piperidine rings is 1. The van der Waals surface area contributed by atoms with Crippen LogP contribution < -0.4 is 4.74 Å². The van der Waals surface area contributed by atoms with E-state index in [0.717, 1.165) is 29.9 Å². The molecule has 0 aliphatic carbocycles. The van der Waals surface area contributed by atoms with E-state index >= 15 is 0 Å². The van der Waals surface area contributed by atoms with Crippen LogP contribution in [0.3, 0.4) is 0 Å².